The van der Waals surface area contributed by atoms with Crippen LogP contribution in [0.15, 0.2) is 42.6 Å². The van der Waals surface area contributed by atoms with Crippen molar-refractivity contribution in [3.05, 3.63) is 53.9 Å². The zero-order valence-electron chi connectivity index (χ0n) is 24.9. The second-order valence-electron chi connectivity index (χ2n) is 12.9. The molecule has 220 valence electrons. The van der Waals surface area contributed by atoms with Crippen LogP contribution in [0.4, 0.5) is 15.3 Å². The van der Waals surface area contributed by atoms with Crippen LogP contribution >= 0.6 is 0 Å². The van der Waals surface area contributed by atoms with Crippen molar-refractivity contribution >= 4 is 23.5 Å². The summed E-state index contributed by atoms with van der Waals surface area (Å²) in [5.41, 5.74) is 1.91. The normalized spacial score (nSPS) is 16.5. The fourth-order valence-corrected chi connectivity index (χ4v) is 4.85. The third-order valence-corrected chi connectivity index (χ3v) is 6.92. The lowest BCUT2D eigenvalue weighted by atomic mass is 10.1. The van der Waals surface area contributed by atoms with E-state index < -0.39 is 17.3 Å². The predicted molar refractivity (Wildman–Crippen MR) is 155 cm³/mol. The summed E-state index contributed by atoms with van der Waals surface area (Å²) >= 11 is 0. The van der Waals surface area contributed by atoms with Gasteiger partial charge in [0.05, 0.1) is 24.1 Å². The van der Waals surface area contributed by atoms with Crippen molar-refractivity contribution in [1.82, 2.24) is 19.5 Å². The summed E-state index contributed by atoms with van der Waals surface area (Å²) in [4.78, 5) is 34.2. The van der Waals surface area contributed by atoms with Gasteiger partial charge in [0.15, 0.2) is 5.65 Å². The molecule has 2 aromatic heterocycles. The first-order valence-corrected chi connectivity index (χ1v) is 14.4. The molecule has 0 radical (unpaired) electrons. The lowest BCUT2D eigenvalue weighted by molar-refractivity contribution is 0.0122. The van der Waals surface area contributed by atoms with Gasteiger partial charge in [0.2, 0.25) is 5.88 Å². The number of anilines is 1. The molecule has 3 heterocycles. The molecule has 10 heteroatoms. The van der Waals surface area contributed by atoms with Gasteiger partial charge in [0.25, 0.3) is 0 Å². The Balaban J connectivity index is 1.44. The van der Waals surface area contributed by atoms with Gasteiger partial charge in [-0.25, -0.2) is 19.1 Å². The van der Waals surface area contributed by atoms with Crippen LogP contribution in [-0.2, 0) is 16.0 Å². The Morgan fingerprint density at radius 2 is 1.61 bits per heavy atom. The molecule has 2 fully saturated rings. The van der Waals surface area contributed by atoms with Gasteiger partial charge in [-0.15, -0.1) is 5.10 Å². The van der Waals surface area contributed by atoms with E-state index in [0.29, 0.717) is 55.6 Å². The number of nitrogens with zero attached hydrogens (tertiary/aromatic N) is 5. The molecule has 0 unspecified atom stereocenters. The van der Waals surface area contributed by atoms with Crippen molar-refractivity contribution in [3.63, 3.8) is 0 Å². The number of piperidine rings is 1. The van der Waals surface area contributed by atoms with Gasteiger partial charge in [-0.3, -0.25) is 4.90 Å². The van der Waals surface area contributed by atoms with E-state index in [1.807, 2.05) is 82.6 Å². The molecule has 2 amide bonds. The third-order valence-electron chi connectivity index (χ3n) is 6.92. The average molecular weight is 564 g/mol. The van der Waals surface area contributed by atoms with Crippen LogP contribution < -0.4 is 9.64 Å². The predicted octanol–water partition coefficient (Wildman–Crippen LogP) is 6.33. The van der Waals surface area contributed by atoms with Gasteiger partial charge in [0, 0.05) is 37.9 Å². The van der Waals surface area contributed by atoms with E-state index in [1.54, 1.807) is 15.9 Å². The monoisotopic (exact) mass is 563 g/mol. The SMILES string of the molecule is CC(C)(C)OC(=O)N1CCC(Oc2cc(N(Cc3ccccc3)C(=O)OC(C)(C)C)c3ncc(C4CC4)n3n2)CC1. The number of aromatic nitrogens is 3. The summed E-state index contributed by atoms with van der Waals surface area (Å²) < 4.78 is 19.6. The summed E-state index contributed by atoms with van der Waals surface area (Å²) in [5.74, 6) is 0.798. The number of likely N-dealkylation sites (tertiary alicyclic amines) is 1. The molecule has 0 N–H and O–H groups in total. The van der Waals surface area contributed by atoms with Gasteiger partial charge in [-0.2, -0.15) is 0 Å². The van der Waals surface area contributed by atoms with E-state index in [9.17, 15) is 9.59 Å². The molecule has 0 bridgehead atoms. The maximum atomic E-state index is 13.6. The number of rotatable bonds is 6. The maximum Gasteiger partial charge on any atom is 0.415 e. The number of carbonyl (C=O) groups is 2. The first-order valence-electron chi connectivity index (χ1n) is 14.4. The Morgan fingerprint density at radius 3 is 2.22 bits per heavy atom. The molecule has 10 nitrogen and oxygen atoms in total. The number of amides is 2. The Hall–Kier alpha value is -3.82. The Labute approximate surface area is 241 Å². The molecule has 5 rings (SSSR count). The summed E-state index contributed by atoms with van der Waals surface area (Å²) in [6.45, 7) is 12.5. The number of carbonyl (C=O) groups excluding carboxylic acids is 2. The largest absolute Gasteiger partial charge is 0.473 e. The summed E-state index contributed by atoms with van der Waals surface area (Å²) in [6, 6.07) is 11.6. The maximum absolute atomic E-state index is 13.6. The minimum absolute atomic E-state index is 0.136. The lowest BCUT2D eigenvalue weighted by Gasteiger charge is -2.33. The van der Waals surface area contributed by atoms with E-state index in [-0.39, 0.29) is 12.2 Å². The molecule has 1 aromatic carbocycles. The van der Waals surface area contributed by atoms with Crippen LogP contribution in [0.3, 0.4) is 0 Å². The Bertz CT molecular complexity index is 1380. The topological polar surface area (TPSA) is 98.5 Å². The number of ether oxygens (including phenoxy) is 3. The van der Waals surface area contributed by atoms with Gasteiger partial charge in [-0.05, 0) is 59.9 Å². The Kier molecular flexibility index (Phi) is 7.85. The van der Waals surface area contributed by atoms with Crippen LogP contribution in [0.2, 0.25) is 0 Å². The molecule has 3 aromatic rings. The molecule has 0 spiro atoms. The standard InChI is InChI=1S/C31H41N5O5/c1-30(2,3)40-28(37)34-16-14-23(15-17-34)39-26-18-24(27-32-19-25(22-12-13-22)36(27)33-26)35(29(38)41-31(4,5)6)20-21-10-8-7-9-11-21/h7-11,18-19,22-23H,12-17,20H2,1-6H3. The molecular weight excluding hydrogens is 522 g/mol. The lowest BCUT2D eigenvalue weighted by Crippen LogP contribution is -2.44. The van der Waals surface area contributed by atoms with E-state index in [0.717, 1.165) is 24.1 Å². The highest BCUT2D eigenvalue weighted by Crippen LogP contribution is 2.41. The first kappa shape index (κ1) is 28.7. The molecule has 2 aliphatic rings. The second-order valence-corrected chi connectivity index (χ2v) is 12.9. The summed E-state index contributed by atoms with van der Waals surface area (Å²) in [7, 11) is 0. The summed E-state index contributed by atoms with van der Waals surface area (Å²) in [5, 5.41) is 4.83. The van der Waals surface area contributed by atoms with E-state index in [1.165, 1.54) is 0 Å². The number of imidazole rings is 1. The Morgan fingerprint density at radius 1 is 0.951 bits per heavy atom. The van der Waals surface area contributed by atoms with Crippen molar-refractivity contribution in [2.45, 2.75) is 97.0 Å². The first-order chi connectivity index (χ1) is 19.4. The van der Waals surface area contributed by atoms with Crippen LogP contribution in [0.25, 0.3) is 5.65 Å². The molecule has 1 aliphatic carbocycles. The second kappa shape index (κ2) is 11.2. The fraction of sp³-hybridized carbons (Fsp3) is 0.548. The van der Waals surface area contributed by atoms with Crippen LogP contribution in [0, 0.1) is 0 Å². The van der Waals surface area contributed by atoms with Crippen molar-refractivity contribution < 1.29 is 23.8 Å². The molecule has 41 heavy (non-hydrogen) atoms. The smallest absolute Gasteiger partial charge is 0.415 e. The van der Waals surface area contributed by atoms with Crippen molar-refractivity contribution in [3.8, 4) is 5.88 Å². The van der Waals surface area contributed by atoms with Gasteiger partial charge in [0.1, 0.15) is 17.3 Å². The number of benzene rings is 1. The van der Waals surface area contributed by atoms with E-state index >= 15 is 0 Å². The average Bonchev–Trinajstić information content (AvgIpc) is 3.64. The zero-order chi connectivity index (χ0) is 29.4. The zero-order valence-corrected chi connectivity index (χ0v) is 24.9. The highest BCUT2D eigenvalue weighted by Gasteiger charge is 2.33. The molecular formula is C31H41N5O5. The fourth-order valence-electron chi connectivity index (χ4n) is 4.85. The van der Waals surface area contributed by atoms with Crippen molar-refractivity contribution in [2.24, 2.45) is 0 Å². The van der Waals surface area contributed by atoms with E-state index in [4.69, 9.17) is 24.3 Å². The van der Waals surface area contributed by atoms with Crippen LogP contribution in [0.5, 0.6) is 5.88 Å². The number of fused-ring (bicyclic) bond motifs is 1. The van der Waals surface area contributed by atoms with Crippen LogP contribution in [-0.4, -0.2) is 62.1 Å². The minimum Gasteiger partial charge on any atom is -0.473 e. The van der Waals surface area contributed by atoms with E-state index in [2.05, 4.69) is 0 Å². The highest BCUT2D eigenvalue weighted by molar-refractivity contribution is 5.92. The minimum atomic E-state index is -0.675. The molecule has 1 aliphatic heterocycles. The third kappa shape index (κ3) is 7.28. The number of hydrogen-bond acceptors (Lipinski definition) is 7. The van der Waals surface area contributed by atoms with Crippen LogP contribution in [0.1, 0.15) is 84.4 Å². The molecule has 0 atom stereocenters. The molecule has 1 saturated carbocycles. The number of hydrogen-bond donors (Lipinski definition) is 0. The van der Waals surface area contributed by atoms with Gasteiger partial charge >= 0.3 is 12.2 Å². The van der Waals surface area contributed by atoms with Crippen molar-refractivity contribution in [2.75, 3.05) is 18.0 Å². The quantitative estimate of drug-likeness (QED) is 0.346. The van der Waals surface area contributed by atoms with Gasteiger partial charge < -0.3 is 19.1 Å². The molecule has 1 saturated heterocycles. The highest BCUT2D eigenvalue weighted by atomic mass is 16.6. The summed E-state index contributed by atoms with van der Waals surface area (Å²) in [6.07, 6.45) is 4.39. The van der Waals surface area contributed by atoms with Crippen molar-refractivity contribution in [1.29, 1.82) is 0 Å². The van der Waals surface area contributed by atoms with Gasteiger partial charge in [-0.1, -0.05) is 30.3 Å².